The van der Waals surface area contributed by atoms with E-state index in [9.17, 15) is 14.4 Å². The lowest BCUT2D eigenvalue weighted by Gasteiger charge is -2.58. The highest BCUT2D eigenvalue weighted by Gasteiger charge is 2.58. The van der Waals surface area contributed by atoms with E-state index in [-0.39, 0.29) is 35.1 Å². The van der Waals surface area contributed by atoms with Crippen molar-refractivity contribution in [3.63, 3.8) is 0 Å². The summed E-state index contributed by atoms with van der Waals surface area (Å²) in [4.78, 5) is 42.4. The maximum Gasteiger partial charge on any atom is 0.233 e. The summed E-state index contributed by atoms with van der Waals surface area (Å²) in [6.07, 6.45) is 12.7. The quantitative estimate of drug-likeness (QED) is 0.555. The number of imide groups is 1. The van der Waals surface area contributed by atoms with Gasteiger partial charge in [-0.25, -0.2) is 0 Å². The normalized spacial score (nSPS) is 45.4. The molecule has 4 bridgehead atoms. The zero-order chi connectivity index (χ0) is 18.3. The lowest BCUT2D eigenvalue weighted by atomic mass is 9.49. The van der Waals surface area contributed by atoms with Crippen molar-refractivity contribution in [2.24, 2.45) is 35.0 Å². The first-order valence-electron chi connectivity index (χ1n) is 10.9. The average molecular weight is 368 g/mol. The molecule has 4 saturated carbocycles. The van der Waals surface area contributed by atoms with Gasteiger partial charge in [0.15, 0.2) is 0 Å². The second-order valence-electron chi connectivity index (χ2n) is 10.3. The Balaban J connectivity index is 1.15. The van der Waals surface area contributed by atoms with E-state index in [1.54, 1.807) is 0 Å². The van der Waals surface area contributed by atoms with E-state index < -0.39 is 0 Å². The minimum absolute atomic E-state index is 0.00116. The zero-order valence-corrected chi connectivity index (χ0v) is 15.8. The van der Waals surface area contributed by atoms with E-state index in [4.69, 9.17) is 0 Å². The van der Waals surface area contributed by atoms with Crippen molar-refractivity contribution in [1.82, 2.24) is 9.80 Å². The molecule has 0 aromatic carbocycles. The molecule has 27 heavy (non-hydrogen) atoms. The van der Waals surface area contributed by atoms with Crippen molar-refractivity contribution >= 4 is 17.7 Å². The summed E-state index contributed by atoms with van der Waals surface area (Å²) in [5.41, 5.74) is -0.114. The van der Waals surface area contributed by atoms with Crippen LogP contribution < -0.4 is 0 Å². The number of likely N-dealkylation sites (tertiary alicyclic amines) is 2. The van der Waals surface area contributed by atoms with Crippen LogP contribution in [0.1, 0.15) is 51.4 Å². The van der Waals surface area contributed by atoms with Crippen molar-refractivity contribution in [3.8, 4) is 0 Å². The Bertz CT molecular complexity index is 689. The lowest BCUT2D eigenvalue weighted by molar-refractivity contribution is -0.168. The zero-order valence-electron chi connectivity index (χ0n) is 15.8. The lowest BCUT2D eigenvalue weighted by Crippen LogP contribution is -2.66. The third-order valence-electron chi connectivity index (χ3n) is 8.55. The molecular weight excluding hydrogens is 340 g/mol. The van der Waals surface area contributed by atoms with Crippen LogP contribution in [-0.4, -0.2) is 46.7 Å². The monoisotopic (exact) mass is 368 g/mol. The molecule has 7 aliphatic rings. The first-order chi connectivity index (χ1) is 13.0. The second-order valence-corrected chi connectivity index (χ2v) is 10.3. The van der Waals surface area contributed by atoms with Gasteiger partial charge in [0.05, 0.1) is 23.3 Å². The number of carbonyl (C=O) groups excluding carboxylic acids is 3. The van der Waals surface area contributed by atoms with E-state index in [2.05, 4.69) is 0 Å². The van der Waals surface area contributed by atoms with Gasteiger partial charge < -0.3 is 4.90 Å². The molecule has 3 amide bonds. The highest BCUT2D eigenvalue weighted by molar-refractivity contribution is 6.06. The molecule has 5 heteroatoms. The average Bonchev–Trinajstić information content (AvgIpc) is 2.85. The van der Waals surface area contributed by atoms with Crippen molar-refractivity contribution < 1.29 is 14.4 Å². The third-order valence-corrected chi connectivity index (χ3v) is 8.55. The number of fused-ring (bicyclic) bond motifs is 1. The van der Waals surface area contributed by atoms with Crippen LogP contribution in [0.15, 0.2) is 12.2 Å². The largest absolute Gasteiger partial charge is 0.338 e. The molecule has 2 unspecified atom stereocenters. The van der Waals surface area contributed by atoms with Crippen LogP contribution in [-0.2, 0) is 14.4 Å². The molecule has 2 saturated heterocycles. The summed E-state index contributed by atoms with van der Waals surface area (Å²) >= 11 is 0. The van der Waals surface area contributed by atoms with Gasteiger partial charge in [0, 0.05) is 13.1 Å². The minimum Gasteiger partial charge on any atom is -0.338 e. The topological polar surface area (TPSA) is 57.7 Å². The minimum atomic E-state index is -0.157. The van der Waals surface area contributed by atoms with Crippen LogP contribution in [0.25, 0.3) is 0 Å². The molecule has 7 rings (SSSR count). The van der Waals surface area contributed by atoms with Crippen molar-refractivity contribution in [2.75, 3.05) is 13.1 Å². The Morgan fingerprint density at radius 1 is 0.852 bits per heavy atom. The predicted octanol–water partition coefficient (Wildman–Crippen LogP) is 2.36. The van der Waals surface area contributed by atoms with Crippen LogP contribution in [0.2, 0.25) is 0 Å². The number of amides is 3. The number of nitrogens with zero attached hydrogens (tertiary/aromatic N) is 2. The van der Waals surface area contributed by atoms with E-state index in [0.717, 1.165) is 37.0 Å². The van der Waals surface area contributed by atoms with Gasteiger partial charge in [0.2, 0.25) is 17.7 Å². The summed E-state index contributed by atoms with van der Waals surface area (Å²) in [6, 6.07) is -0.0894. The molecule has 0 aromatic rings. The van der Waals surface area contributed by atoms with E-state index in [1.165, 1.54) is 24.2 Å². The second kappa shape index (κ2) is 5.45. The van der Waals surface area contributed by atoms with Crippen LogP contribution in [0, 0.1) is 35.0 Å². The maximum absolute atomic E-state index is 13.4. The molecule has 0 N–H and O–H groups in total. The van der Waals surface area contributed by atoms with Gasteiger partial charge in [-0.15, -0.1) is 0 Å². The Morgan fingerprint density at radius 2 is 1.33 bits per heavy atom. The number of hydrogen-bond donors (Lipinski definition) is 0. The highest BCUT2D eigenvalue weighted by Crippen LogP contribution is 2.60. The van der Waals surface area contributed by atoms with Gasteiger partial charge >= 0.3 is 0 Å². The van der Waals surface area contributed by atoms with Gasteiger partial charge in [0.1, 0.15) is 0 Å². The summed E-state index contributed by atoms with van der Waals surface area (Å²) in [5, 5.41) is 0. The Labute approximate surface area is 160 Å². The fourth-order valence-corrected chi connectivity index (χ4v) is 7.68. The maximum atomic E-state index is 13.4. The van der Waals surface area contributed by atoms with Crippen molar-refractivity contribution in [3.05, 3.63) is 12.2 Å². The molecule has 0 aromatic heterocycles. The molecule has 144 valence electrons. The predicted molar refractivity (Wildman–Crippen MR) is 98.2 cm³/mol. The molecule has 2 aliphatic heterocycles. The fourth-order valence-electron chi connectivity index (χ4n) is 7.68. The SMILES string of the molecule is O=C1C2CC=CCC2C(=O)N1C1CN(C(=O)C23CC4CC(CC(C4)C2)C3)C1. The Morgan fingerprint density at radius 3 is 1.81 bits per heavy atom. The van der Waals surface area contributed by atoms with E-state index >= 15 is 0 Å². The molecule has 6 fully saturated rings. The number of allylic oxidation sites excluding steroid dienone is 2. The van der Waals surface area contributed by atoms with Gasteiger partial charge in [-0.1, -0.05) is 12.2 Å². The van der Waals surface area contributed by atoms with E-state index in [0.29, 0.717) is 31.8 Å². The highest BCUT2D eigenvalue weighted by atomic mass is 16.2. The number of rotatable bonds is 2. The Hall–Kier alpha value is -1.65. The Kier molecular flexibility index (Phi) is 3.29. The molecule has 0 radical (unpaired) electrons. The van der Waals surface area contributed by atoms with Gasteiger partial charge in [0.25, 0.3) is 0 Å². The smallest absolute Gasteiger partial charge is 0.233 e. The van der Waals surface area contributed by atoms with Gasteiger partial charge in [-0.3, -0.25) is 19.3 Å². The molecule has 5 aliphatic carbocycles. The summed E-state index contributed by atoms with van der Waals surface area (Å²) in [5.74, 6) is 2.29. The number of hydrogen-bond acceptors (Lipinski definition) is 3. The fraction of sp³-hybridized carbons (Fsp3) is 0.773. The first-order valence-corrected chi connectivity index (χ1v) is 10.9. The summed E-state index contributed by atoms with van der Waals surface area (Å²) in [6.45, 7) is 1.12. The van der Waals surface area contributed by atoms with Crippen LogP contribution in [0.4, 0.5) is 0 Å². The van der Waals surface area contributed by atoms with Crippen molar-refractivity contribution in [1.29, 1.82) is 0 Å². The number of carbonyl (C=O) groups is 3. The molecule has 5 nitrogen and oxygen atoms in total. The standard InChI is InChI=1S/C22H28N2O3/c25-19-17-3-1-2-4-18(17)20(26)24(19)16-11-23(12-16)21(27)22-8-13-5-14(9-22)7-15(6-13)10-22/h1-2,13-18H,3-12H2. The molecular formula is C22H28N2O3. The molecule has 2 heterocycles. The van der Waals surface area contributed by atoms with Crippen LogP contribution in [0.5, 0.6) is 0 Å². The molecule has 0 spiro atoms. The third kappa shape index (κ3) is 2.20. The summed E-state index contributed by atoms with van der Waals surface area (Å²) < 4.78 is 0. The van der Waals surface area contributed by atoms with Gasteiger partial charge in [-0.05, 0) is 69.1 Å². The molecule has 2 atom stereocenters. The first kappa shape index (κ1) is 16.3. The van der Waals surface area contributed by atoms with E-state index in [1.807, 2.05) is 17.1 Å². The van der Waals surface area contributed by atoms with Crippen LogP contribution >= 0.6 is 0 Å². The van der Waals surface area contributed by atoms with Crippen molar-refractivity contribution in [2.45, 2.75) is 57.4 Å². The van der Waals surface area contributed by atoms with Crippen LogP contribution in [0.3, 0.4) is 0 Å². The van der Waals surface area contributed by atoms with Gasteiger partial charge in [-0.2, -0.15) is 0 Å². The summed E-state index contributed by atoms with van der Waals surface area (Å²) in [7, 11) is 0.